The topological polar surface area (TPSA) is 88.4 Å². The van der Waals surface area contributed by atoms with Crippen LogP contribution in [0.3, 0.4) is 0 Å². The van der Waals surface area contributed by atoms with Crippen LogP contribution in [0.2, 0.25) is 0 Å². The van der Waals surface area contributed by atoms with Crippen LogP contribution >= 0.6 is 0 Å². The van der Waals surface area contributed by atoms with Gasteiger partial charge >= 0.3 is 5.97 Å². The Labute approximate surface area is 149 Å². The molecule has 6 nitrogen and oxygen atoms in total. The Bertz CT molecular complexity index is 952. The van der Waals surface area contributed by atoms with Crippen LogP contribution in [0, 0.1) is 0 Å². The first-order chi connectivity index (χ1) is 12.7. The lowest BCUT2D eigenvalue weighted by Gasteiger charge is -2.10. The molecular weight excluding hydrogens is 334 g/mol. The zero-order valence-corrected chi connectivity index (χ0v) is 13.8. The van der Waals surface area contributed by atoms with Crippen LogP contribution in [0.5, 0.6) is 11.5 Å². The van der Waals surface area contributed by atoms with E-state index in [-0.39, 0.29) is 12.2 Å². The fourth-order valence-corrected chi connectivity index (χ4v) is 2.53. The highest BCUT2D eigenvalue weighted by atomic mass is 16.5. The summed E-state index contributed by atoms with van der Waals surface area (Å²) in [5, 5.41) is 22.8. The number of fused-ring (bicyclic) bond motifs is 1. The number of nitrogens with zero attached hydrogens (tertiary/aromatic N) is 1. The lowest BCUT2D eigenvalue weighted by atomic mass is 10.1. The number of oxime groups is 1. The molecule has 0 radical (unpaired) electrons. The summed E-state index contributed by atoms with van der Waals surface area (Å²) in [7, 11) is 0. The lowest BCUT2D eigenvalue weighted by molar-refractivity contribution is -0.129. The van der Waals surface area contributed by atoms with E-state index in [1.807, 2.05) is 42.5 Å². The molecule has 0 unspecified atom stereocenters. The number of carbonyl (C=O) groups is 1. The number of rotatable bonds is 7. The van der Waals surface area contributed by atoms with Crippen molar-refractivity contribution < 1.29 is 24.6 Å². The van der Waals surface area contributed by atoms with Crippen molar-refractivity contribution in [2.45, 2.75) is 0 Å². The Morgan fingerprint density at radius 2 is 1.54 bits per heavy atom. The summed E-state index contributed by atoms with van der Waals surface area (Å²) in [5.41, 5.74) is -0.184. The minimum absolute atomic E-state index is 0.257. The molecule has 0 saturated heterocycles. The van der Waals surface area contributed by atoms with Crippen molar-refractivity contribution in [3.63, 3.8) is 0 Å². The monoisotopic (exact) mass is 351 g/mol. The maximum absolute atomic E-state index is 11.0. The van der Waals surface area contributed by atoms with Crippen LogP contribution in [0.25, 0.3) is 10.8 Å². The third-order valence-corrected chi connectivity index (χ3v) is 3.75. The Morgan fingerprint density at radius 3 is 2.23 bits per heavy atom. The summed E-state index contributed by atoms with van der Waals surface area (Å²) in [5.74, 6) is -0.0991. The molecule has 0 aromatic heterocycles. The summed E-state index contributed by atoms with van der Waals surface area (Å²) in [4.78, 5) is 11.0. The van der Waals surface area contributed by atoms with Crippen molar-refractivity contribution in [2.24, 2.45) is 5.16 Å². The summed E-state index contributed by atoms with van der Waals surface area (Å²) >= 11 is 0. The molecule has 0 aliphatic rings. The molecule has 0 aliphatic carbocycles. The van der Waals surface area contributed by atoms with Gasteiger partial charge in [0.05, 0.1) is 0 Å². The first-order valence-corrected chi connectivity index (χ1v) is 7.97. The molecule has 0 fully saturated rings. The molecule has 0 saturated carbocycles. The molecule has 3 aromatic carbocycles. The van der Waals surface area contributed by atoms with Crippen LogP contribution in [0.15, 0.2) is 71.9 Å². The van der Waals surface area contributed by atoms with Gasteiger partial charge in [-0.15, -0.1) is 0 Å². The number of benzene rings is 3. The Morgan fingerprint density at radius 1 is 0.846 bits per heavy atom. The zero-order chi connectivity index (χ0) is 18.4. The second-order valence-corrected chi connectivity index (χ2v) is 5.49. The van der Waals surface area contributed by atoms with Crippen LogP contribution in [-0.4, -0.2) is 35.2 Å². The van der Waals surface area contributed by atoms with E-state index in [0.717, 1.165) is 16.5 Å². The largest absolute Gasteiger partial charge is 0.490 e. The Kier molecular flexibility index (Phi) is 5.34. The van der Waals surface area contributed by atoms with E-state index in [9.17, 15) is 4.79 Å². The Balaban J connectivity index is 1.57. The van der Waals surface area contributed by atoms with Gasteiger partial charge in [-0.05, 0) is 35.0 Å². The summed E-state index contributed by atoms with van der Waals surface area (Å²) < 4.78 is 11.3. The van der Waals surface area contributed by atoms with Crippen LogP contribution in [-0.2, 0) is 4.79 Å². The second kappa shape index (κ2) is 8.02. The molecule has 2 N–H and O–H groups in total. The van der Waals surface area contributed by atoms with E-state index >= 15 is 0 Å². The highest BCUT2D eigenvalue weighted by Crippen LogP contribution is 2.20. The van der Waals surface area contributed by atoms with Gasteiger partial charge in [-0.1, -0.05) is 47.6 Å². The summed E-state index contributed by atoms with van der Waals surface area (Å²) in [6.45, 7) is 0.622. The second-order valence-electron chi connectivity index (χ2n) is 5.49. The standard InChI is InChI=1S/C20H17NO5/c22-20(23)19(21-24)16-6-3-7-17(13-16)25-10-11-26-18-9-8-14-4-1-2-5-15(14)12-18/h1-9,12-13,24H,10-11H2,(H,22,23)/b21-19-. The van der Waals surface area contributed by atoms with E-state index in [1.54, 1.807) is 12.1 Å². The SMILES string of the molecule is O=C(O)/C(=N\O)c1cccc(OCCOc2ccc3ccccc3c2)c1. The van der Waals surface area contributed by atoms with Crippen molar-refractivity contribution in [3.05, 3.63) is 72.3 Å². The maximum Gasteiger partial charge on any atom is 0.358 e. The van der Waals surface area contributed by atoms with E-state index in [4.69, 9.17) is 19.8 Å². The van der Waals surface area contributed by atoms with Gasteiger partial charge in [0.2, 0.25) is 0 Å². The van der Waals surface area contributed by atoms with Gasteiger partial charge in [-0.3, -0.25) is 0 Å². The van der Waals surface area contributed by atoms with Gasteiger partial charge in [-0.2, -0.15) is 0 Å². The quantitative estimate of drug-likeness (QED) is 0.294. The Hall–Kier alpha value is -3.54. The smallest absolute Gasteiger partial charge is 0.358 e. The van der Waals surface area contributed by atoms with Gasteiger partial charge in [0.1, 0.15) is 24.7 Å². The third kappa shape index (κ3) is 4.10. The van der Waals surface area contributed by atoms with Gasteiger partial charge < -0.3 is 19.8 Å². The molecule has 0 aliphatic heterocycles. The molecule has 0 spiro atoms. The minimum Gasteiger partial charge on any atom is -0.490 e. The van der Waals surface area contributed by atoms with Gasteiger partial charge in [0, 0.05) is 5.56 Å². The summed E-state index contributed by atoms with van der Waals surface area (Å²) in [6.07, 6.45) is 0. The third-order valence-electron chi connectivity index (χ3n) is 3.75. The number of carboxylic acid groups (broad SMARTS) is 1. The van der Waals surface area contributed by atoms with Gasteiger partial charge in [-0.25, -0.2) is 4.79 Å². The van der Waals surface area contributed by atoms with Crippen LogP contribution in [0.4, 0.5) is 0 Å². The number of carboxylic acids is 1. The minimum atomic E-state index is -1.32. The van der Waals surface area contributed by atoms with Crippen LogP contribution < -0.4 is 9.47 Å². The van der Waals surface area contributed by atoms with Crippen LogP contribution in [0.1, 0.15) is 5.56 Å². The van der Waals surface area contributed by atoms with Crippen molar-refractivity contribution >= 4 is 22.5 Å². The van der Waals surface area contributed by atoms with Gasteiger partial charge in [0.15, 0.2) is 5.71 Å². The van der Waals surface area contributed by atoms with Crippen molar-refractivity contribution in [1.82, 2.24) is 0 Å². The fourth-order valence-electron chi connectivity index (χ4n) is 2.53. The maximum atomic E-state index is 11.0. The number of ether oxygens (including phenoxy) is 2. The average Bonchev–Trinajstić information content (AvgIpc) is 2.66. The number of aliphatic carboxylic acids is 1. The molecule has 3 aromatic rings. The molecule has 0 atom stereocenters. The van der Waals surface area contributed by atoms with Crippen molar-refractivity contribution in [3.8, 4) is 11.5 Å². The molecule has 0 bridgehead atoms. The fraction of sp³-hybridized carbons (Fsp3) is 0.100. The predicted octanol–water partition coefficient (Wildman–Crippen LogP) is 3.56. The molecular formula is C20H17NO5. The van der Waals surface area contributed by atoms with Crippen molar-refractivity contribution in [2.75, 3.05) is 13.2 Å². The van der Waals surface area contributed by atoms with Crippen molar-refractivity contribution in [1.29, 1.82) is 0 Å². The van der Waals surface area contributed by atoms with E-state index in [0.29, 0.717) is 12.4 Å². The normalized spacial score (nSPS) is 11.3. The highest BCUT2D eigenvalue weighted by Gasteiger charge is 2.13. The molecule has 6 heteroatoms. The first kappa shape index (κ1) is 17.3. The number of hydrogen-bond donors (Lipinski definition) is 2. The van der Waals surface area contributed by atoms with E-state index < -0.39 is 11.7 Å². The first-order valence-electron chi connectivity index (χ1n) is 7.97. The predicted molar refractivity (Wildman–Crippen MR) is 97.3 cm³/mol. The molecule has 0 amide bonds. The molecule has 3 rings (SSSR count). The van der Waals surface area contributed by atoms with Gasteiger partial charge in [0.25, 0.3) is 0 Å². The number of hydrogen-bond acceptors (Lipinski definition) is 5. The zero-order valence-electron chi connectivity index (χ0n) is 13.8. The molecule has 132 valence electrons. The highest BCUT2D eigenvalue weighted by molar-refractivity contribution is 6.42. The van der Waals surface area contributed by atoms with E-state index in [2.05, 4.69) is 5.16 Å². The molecule has 0 heterocycles. The average molecular weight is 351 g/mol. The lowest BCUT2D eigenvalue weighted by Crippen LogP contribution is -2.15. The van der Waals surface area contributed by atoms with E-state index in [1.165, 1.54) is 12.1 Å². The summed E-state index contributed by atoms with van der Waals surface area (Å²) in [6, 6.07) is 20.2. The molecule has 26 heavy (non-hydrogen) atoms.